The monoisotopic (exact) mass is 295 g/mol. The molecule has 0 spiro atoms. The van der Waals surface area contributed by atoms with Gasteiger partial charge in [0.15, 0.2) is 5.11 Å². The molecule has 0 aliphatic carbocycles. The minimum atomic E-state index is -0.464. The first kappa shape index (κ1) is 13.6. The van der Waals surface area contributed by atoms with E-state index in [1.54, 1.807) is 6.07 Å². The summed E-state index contributed by atoms with van der Waals surface area (Å²) in [6.07, 6.45) is 0. The highest BCUT2D eigenvalue weighted by molar-refractivity contribution is 7.80. The summed E-state index contributed by atoms with van der Waals surface area (Å²) in [5, 5.41) is 3.29. The van der Waals surface area contributed by atoms with Crippen molar-refractivity contribution in [2.45, 2.75) is 0 Å². The Kier molecular flexibility index (Phi) is 4.54. The Morgan fingerprint density at radius 1 is 1.05 bits per heavy atom. The zero-order valence-electron chi connectivity index (χ0n) is 9.78. The smallest absolute Gasteiger partial charge is 0.189 e. The number of rotatable bonds is 3. The van der Waals surface area contributed by atoms with Gasteiger partial charge in [0.1, 0.15) is 5.82 Å². The van der Waals surface area contributed by atoms with E-state index in [1.165, 1.54) is 12.1 Å². The summed E-state index contributed by atoms with van der Waals surface area (Å²) in [5.74, 6) is -0.464. The quantitative estimate of drug-likeness (QED) is 0.595. The average molecular weight is 296 g/mol. The predicted octanol–water partition coefficient (Wildman–Crippen LogP) is 3.79. The van der Waals surface area contributed by atoms with E-state index in [2.05, 4.69) is 16.2 Å². The second-order valence-electron chi connectivity index (χ2n) is 3.70. The molecule has 0 atom stereocenters. The molecule has 0 saturated heterocycles. The Hall–Kier alpha value is -1.85. The van der Waals surface area contributed by atoms with Gasteiger partial charge in [0, 0.05) is 5.69 Å². The second-order valence-corrected chi connectivity index (χ2v) is 4.51. The number of nitrogens with one attached hydrogen (secondary N) is 3. The summed E-state index contributed by atoms with van der Waals surface area (Å²) in [6.45, 7) is 0. The van der Waals surface area contributed by atoms with Crippen LogP contribution in [0.15, 0.2) is 48.5 Å². The van der Waals surface area contributed by atoms with Gasteiger partial charge in [0.05, 0.1) is 10.7 Å². The molecule has 2 aromatic carbocycles. The van der Waals surface area contributed by atoms with Crippen LogP contribution in [0.4, 0.5) is 15.8 Å². The molecule has 0 radical (unpaired) electrons. The topological polar surface area (TPSA) is 36.1 Å². The first-order chi connectivity index (χ1) is 9.15. The van der Waals surface area contributed by atoms with Gasteiger partial charge in [-0.1, -0.05) is 29.8 Å². The number of hydrogen-bond acceptors (Lipinski definition) is 2. The molecule has 19 heavy (non-hydrogen) atoms. The van der Waals surface area contributed by atoms with E-state index in [1.807, 2.05) is 30.3 Å². The minimum absolute atomic E-state index is 0.0452. The fourth-order valence-corrected chi connectivity index (χ4v) is 1.74. The number of anilines is 2. The van der Waals surface area contributed by atoms with Gasteiger partial charge in [-0.3, -0.25) is 10.9 Å². The molecule has 3 nitrogen and oxygen atoms in total. The van der Waals surface area contributed by atoms with Crippen LogP contribution in [0, 0.1) is 5.82 Å². The Labute approximate surface area is 120 Å². The van der Waals surface area contributed by atoms with Crippen LogP contribution in [-0.4, -0.2) is 5.11 Å². The Morgan fingerprint density at radius 3 is 2.47 bits per heavy atom. The molecule has 0 fully saturated rings. The first-order valence-electron chi connectivity index (χ1n) is 5.48. The first-order valence-corrected chi connectivity index (χ1v) is 6.27. The van der Waals surface area contributed by atoms with Crippen LogP contribution in [0.25, 0.3) is 0 Å². The molecule has 0 aliphatic heterocycles. The third-order valence-electron chi connectivity index (χ3n) is 2.27. The Balaban J connectivity index is 1.89. The summed E-state index contributed by atoms with van der Waals surface area (Å²) in [6, 6.07) is 13.8. The fraction of sp³-hybridized carbons (Fsp3) is 0. The molecule has 0 saturated carbocycles. The van der Waals surface area contributed by atoms with Gasteiger partial charge < -0.3 is 5.32 Å². The molecule has 2 rings (SSSR count). The maximum absolute atomic E-state index is 13.0. The molecule has 0 aromatic heterocycles. The van der Waals surface area contributed by atoms with Gasteiger partial charge in [-0.2, -0.15) is 0 Å². The summed E-state index contributed by atoms with van der Waals surface area (Å²) < 4.78 is 13.0. The summed E-state index contributed by atoms with van der Waals surface area (Å²) in [4.78, 5) is 0. The van der Waals surface area contributed by atoms with Gasteiger partial charge in [-0.05, 0) is 42.5 Å². The van der Waals surface area contributed by atoms with Crippen molar-refractivity contribution >= 4 is 40.3 Å². The van der Waals surface area contributed by atoms with Gasteiger partial charge >= 0.3 is 0 Å². The van der Waals surface area contributed by atoms with Crippen molar-refractivity contribution in [1.82, 2.24) is 5.43 Å². The zero-order chi connectivity index (χ0) is 13.7. The van der Waals surface area contributed by atoms with E-state index in [9.17, 15) is 4.39 Å². The van der Waals surface area contributed by atoms with Crippen molar-refractivity contribution in [2.24, 2.45) is 0 Å². The maximum Gasteiger partial charge on any atom is 0.189 e. The second kappa shape index (κ2) is 6.36. The molecule has 2 aromatic rings. The molecule has 0 amide bonds. The lowest BCUT2D eigenvalue weighted by Gasteiger charge is -2.12. The average Bonchev–Trinajstić information content (AvgIpc) is 2.42. The van der Waals surface area contributed by atoms with Crippen molar-refractivity contribution in [3.05, 3.63) is 59.4 Å². The fourth-order valence-electron chi connectivity index (χ4n) is 1.39. The van der Waals surface area contributed by atoms with Crippen LogP contribution in [0.3, 0.4) is 0 Å². The molecular weight excluding hydrogens is 285 g/mol. The van der Waals surface area contributed by atoms with E-state index in [-0.39, 0.29) is 5.02 Å². The van der Waals surface area contributed by atoms with Crippen molar-refractivity contribution in [2.75, 3.05) is 10.7 Å². The third-order valence-corrected chi connectivity index (χ3v) is 2.77. The molecule has 0 unspecified atom stereocenters. The van der Waals surface area contributed by atoms with Crippen LogP contribution in [-0.2, 0) is 0 Å². The zero-order valence-corrected chi connectivity index (χ0v) is 11.4. The Morgan fingerprint density at radius 2 is 1.79 bits per heavy atom. The Bertz CT molecular complexity index is 577. The van der Waals surface area contributed by atoms with Gasteiger partial charge in [-0.15, -0.1) is 0 Å². The van der Waals surface area contributed by atoms with Crippen LogP contribution in [0.2, 0.25) is 5.02 Å². The van der Waals surface area contributed by atoms with E-state index in [0.29, 0.717) is 10.8 Å². The summed E-state index contributed by atoms with van der Waals surface area (Å²) in [5.41, 5.74) is 7.23. The standard InChI is InChI=1S/C13H11ClFN3S/c14-11-8-10(6-7-12(11)15)16-13(19)18-17-9-4-2-1-3-5-9/h1-8,17H,(H2,16,18,19). The number of para-hydroxylation sites is 1. The normalized spacial score (nSPS) is 9.79. The number of hydrogen-bond donors (Lipinski definition) is 3. The predicted molar refractivity (Wildman–Crippen MR) is 80.8 cm³/mol. The highest BCUT2D eigenvalue weighted by atomic mass is 35.5. The largest absolute Gasteiger partial charge is 0.331 e. The molecule has 3 N–H and O–H groups in total. The van der Waals surface area contributed by atoms with Crippen molar-refractivity contribution in [3.63, 3.8) is 0 Å². The number of thiocarbonyl (C=S) groups is 1. The van der Waals surface area contributed by atoms with Crippen LogP contribution in [0.1, 0.15) is 0 Å². The molecule has 6 heteroatoms. The van der Waals surface area contributed by atoms with Crippen molar-refractivity contribution in [3.8, 4) is 0 Å². The van der Waals surface area contributed by atoms with Crippen LogP contribution < -0.4 is 16.2 Å². The summed E-state index contributed by atoms with van der Waals surface area (Å²) in [7, 11) is 0. The molecular formula is C13H11ClFN3S. The summed E-state index contributed by atoms with van der Waals surface area (Å²) >= 11 is 10.8. The van der Waals surface area contributed by atoms with Gasteiger partial charge in [0.2, 0.25) is 0 Å². The highest BCUT2D eigenvalue weighted by Crippen LogP contribution is 2.19. The van der Waals surface area contributed by atoms with E-state index >= 15 is 0 Å². The van der Waals surface area contributed by atoms with Crippen LogP contribution >= 0.6 is 23.8 Å². The van der Waals surface area contributed by atoms with Gasteiger partial charge in [0.25, 0.3) is 0 Å². The lowest BCUT2D eigenvalue weighted by molar-refractivity contribution is 0.628. The van der Waals surface area contributed by atoms with E-state index in [4.69, 9.17) is 23.8 Å². The van der Waals surface area contributed by atoms with Gasteiger partial charge in [-0.25, -0.2) is 4.39 Å². The molecule has 0 bridgehead atoms. The number of hydrazine groups is 1. The van der Waals surface area contributed by atoms with E-state index in [0.717, 1.165) is 5.69 Å². The SMILES string of the molecule is Fc1ccc(NC(=S)NNc2ccccc2)cc1Cl. The highest BCUT2D eigenvalue weighted by Gasteiger charge is 2.02. The third kappa shape index (κ3) is 4.08. The van der Waals surface area contributed by atoms with Crippen molar-refractivity contribution < 1.29 is 4.39 Å². The van der Waals surface area contributed by atoms with Crippen LogP contribution in [0.5, 0.6) is 0 Å². The number of halogens is 2. The minimum Gasteiger partial charge on any atom is -0.331 e. The lowest BCUT2D eigenvalue weighted by atomic mass is 10.3. The number of benzene rings is 2. The lowest BCUT2D eigenvalue weighted by Crippen LogP contribution is -2.33. The van der Waals surface area contributed by atoms with Crippen molar-refractivity contribution in [1.29, 1.82) is 0 Å². The molecule has 0 aliphatic rings. The molecule has 0 heterocycles. The molecule has 98 valence electrons. The van der Waals surface area contributed by atoms with E-state index < -0.39 is 5.82 Å². The maximum atomic E-state index is 13.0.